The number of hydrogen-bond acceptors (Lipinski definition) is 4. The van der Waals surface area contributed by atoms with E-state index < -0.39 is 0 Å². The van der Waals surface area contributed by atoms with Gasteiger partial charge in [0.15, 0.2) is 0 Å². The number of ether oxygens (including phenoxy) is 3. The Morgan fingerprint density at radius 1 is 1.39 bits per heavy atom. The average Bonchev–Trinajstić information content (AvgIpc) is 2.87. The van der Waals surface area contributed by atoms with Gasteiger partial charge in [0.05, 0.1) is 18.3 Å². The van der Waals surface area contributed by atoms with Gasteiger partial charge in [-0.05, 0) is 40.0 Å². The summed E-state index contributed by atoms with van der Waals surface area (Å²) < 4.78 is 16.6. The molecule has 108 valence electrons. The molecule has 0 amide bonds. The maximum absolute atomic E-state index is 5.63. The van der Waals surface area contributed by atoms with Gasteiger partial charge in [-0.1, -0.05) is 0 Å². The van der Waals surface area contributed by atoms with Crippen molar-refractivity contribution < 1.29 is 14.2 Å². The van der Waals surface area contributed by atoms with Crippen LogP contribution in [0.25, 0.3) is 0 Å². The van der Waals surface area contributed by atoms with Crippen molar-refractivity contribution in [3.63, 3.8) is 0 Å². The lowest BCUT2D eigenvalue weighted by Gasteiger charge is -2.23. The van der Waals surface area contributed by atoms with Gasteiger partial charge in [-0.3, -0.25) is 0 Å². The predicted molar refractivity (Wildman–Crippen MR) is 73.0 cm³/mol. The highest BCUT2D eigenvalue weighted by molar-refractivity contribution is 4.76. The lowest BCUT2D eigenvalue weighted by Crippen LogP contribution is -2.38. The van der Waals surface area contributed by atoms with Crippen LogP contribution in [0.15, 0.2) is 0 Å². The molecular formula is C14H29NO3. The topological polar surface area (TPSA) is 39.7 Å². The lowest BCUT2D eigenvalue weighted by molar-refractivity contribution is -0.00991. The Bertz CT molecular complexity index is 215. The van der Waals surface area contributed by atoms with Crippen LogP contribution < -0.4 is 5.32 Å². The van der Waals surface area contributed by atoms with Crippen molar-refractivity contribution >= 4 is 0 Å². The van der Waals surface area contributed by atoms with Crippen molar-refractivity contribution in [2.45, 2.75) is 57.8 Å². The molecule has 4 nitrogen and oxygen atoms in total. The first-order valence-corrected chi connectivity index (χ1v) is 7.03. The molecule has 1 aliphatic rings. The monoisotopic (exact) mass is 259 g/mol. The maximum Gasteiger partial charge on any atom is 0.0726 e. The van der Waals surface area contributed by atoms with Crippen molar-refractivity contribution in [3.05, 3.63) is 0 Å². The Labute approximate surface area is 111 Å². The van der Waals surface area contributed by atoms with Crippen molar-refractivity contribution in [2.24, 2.45) is 0 Å². The Kier molecular flexibility index (Phi) is 7.15. The summed E-state index contributed by atoms with van der Waals surface area (Å²) in [7, 11) is 1.74. The lowest BCUT2D eigenvalue weighted by atomic mass is 10.1. The molecule has 2 unspecified atom stereocenters. The van der Waals surface area contributed by atoms with E-state index in [1.165, 1.54) is 12.8 Å². The highest BCUT2D eigenvalue weighted by Gasteiger charge is 2.21. The molecule has 0 radical (unpaired) electrons. The molecule has 0 bridgehead atoms. The van der Waals surface area contributed by atoms with Gasteiger partial charge in [-0.15, -0.1) is 0 Å². The van der Waals surface area contributed by atoms with E-state index in [1.807, 2.05) is 0 Å². The molecular weight excluding hydrogens is 230 g/mol. The normalized spacial score (nSPS) is 22.3. The Morgan fingerprint density at radius 3 is 2.78 bits per heavy atom. The van der Waals surface area contributed by atoms with Crippen LogP contribution in [0.2, 0.25) is 0 Å². The maximum atomic E-state index is 5.63. The second-order valence-electron chi connectivity index (χ2n) is 5.62. The molecule has 0 aromatic rings. The summed E-state index contributed by atoms with van der Waals surface area (Å²) in [5.74, 6) is 0. The molecule has 0 saturated carbocycles. The molecule has 1 N–H and O–H groups in total. The van der Waals surface area contributed by atoms with Crippen LogP contribution in [0.3, 0.4) is 0 Å². The minimum atomic E-state index is -0.0849. The number of methoxy groups -OCH3 is 1. The summed E-state index contributed by atoms with van der Waals surface area (Å²) in [6, 6.07) is 0.423. The van der Waals surface area contributed by atoms with E-state index in [1.54, 1.807) is 7.11 Å². The molecule has 1 heterocycles. The Morgan fingerprint density at radius 2 is 2.17 bits per heavy atom. The second-order valence-corrected chi connectivity index (χ2v) is 5.62. The van der Waals surface area contributed by atoms with Gasteiger partial charge in [-0.2, -0.15) is 0 Å². The van der Waals surface area contributed by atoms with Gasteiger partial charge in [0, 0.05) is 32.9 Å². The van der Waals surface area contributed by atoms with Crippen LogP contribution >= 0.6 is 0 Å². The van der Waals surface area contributed by atoms with E-state index in [4.69, 9.17) is 14.2 Å². The first-order chi connectivity index (χ1) is 8.55. The van der Waals surface area contributed by atoms with Crippen LogP contribution in [0, 0.1) is 0 Å². The van der Waals surface area contributed by atoms with Crippen molar-refractivity contribution in [1.82, 2.24) is 5.32 Å². The van der Waals surface area contributed by atoms with Gasteiger partial charge >= 0.3 is 0 Å². The zero-order valence-electron chi connectivity index (χ0n) is 12.3. The standard InChI is InChI=1S/C14H29NO3/c1-12(13-6-5-9-18-13)15-8-11-17-10-7-14(2,3)16-4/h12-13,15H,5-11H2,1-4H3. The van der Waals surface area contributed by atoms with Crippen molar-refractivity contribution in [3.8, 4) is 0 Å². The fourth-order valence-corrected chi connectivity index (χ4v) is 2.01. The molecule has 1 rings (SSSR count). The minimum absolute atomic E-state index is 0.0849. The number of hydrogen-bond donors (Lipinski definition) is 1. The van der Waals surface area contributed by atoms with Gasteiger partial charge in [0.25, 0.3) is 0 Å². The Balaban J connectivity index is 1.95. The molecule has 0 aromatic carbocycles. The molecule has 1 aliphatic heterocycles. The summed E-state index contributed by atoms with van der Waals surface area (Å²) in [4.78, 5) is 0. The molecule has 1 fully saturated rings. The zero-order chi connectivity index (χ0) is 13.4. The molecule has 18 heavy (non-hydrogen) atoms. The fraction of sp³-hybridized carbons (Fsp3) is 1.00. The highest BCUT2D eigenvalue weighted by Crippen LogP contribution is 2.15. The van der Waals surface area contributed by atoms with Gasteiger partial charge in [-0.25, -0.2) is 0 Å². The highest BCUT2D eigenvalue weighted by atomic mass is 16.5. The van der Waals surface area contributed by atoms with E-state index in [0.717, 1.165) is 32.8 Å². The third-order valence-electron chi connectivity index (χ3n) is 3.64. The van der Waals surface area contributed by atoms with Gasteiger partial charge in [0.1, 0.15) is 0 Å². The predicted octanol–water partition coefficient (Wildman–Crippen LogP) is 1.98. The first kappa shape index (κ1) is 15.9. The number of rotatable bonds is 9. The van der Waals surface area contributed by atoms with Gasteiger partial charge < -0.3 is 19.5 Å². The molecule has 2 atom stereocenters. The summed E-state index contributed by atoms with van der Waals surface area (Å²) in [5, 5.41) is 3.45. The SMILES string of the molecule is COC(C)(C)CCOCCNC(C)C1CCCO1. The summed E-state index contributed by atoms with van der Waals surface area (Å²) in [6.07, 6.45) is 3.68. The summed E-state index contributed by atoms with van der Waals surface area (Å²) in [6.45, 7) is 9.63. The number of nitrogens with one attached hydrogen (secondary N) is 1. The second kappa shape index (κ2) is 8.10. The van der Waals surface area contributed by atoms with Crippen molar-refractivity contribution in [1.29, 1.82) is 0 Å². The fourth-order valence-electron chi connectivity index (χ4n) is 2.01. The summed E-state index contributed by atoms with van der Waals surface area (Å²) >= 11 is 0. The molecule has 4 heteroatoms. The van der Waals surface area contributed by atoms with E-state index in [0.29, 0.717) is 12.1 Å². The smallest absolute Gasteiger partial charge is 0.0726 e. The third-order valence-corrected chi connectivity index (χ3v) is 3.64. The quantitative estimate of drug-likeness (QED) is 0.643. The molecule has 0 aromatic heterocycles. The van der Waals surface area contributed by atoms with E-state index in [2.05, 4.69) is 26.1 Å². The van der Waals surface area contributed by atoms with Crippen LogP contribution in [0.1, 0.15) is 40.0 Å². The van der Waals surface area contributed by atoms with Crippen LogP contribution in [-0.4, -0.2) is 51.2 Å². The van der Waals surface area contributed by atoms with Crippen LogP contribution in [0.5, 0.6) is 0 Å². The molecule has 0 spiro atoms. The molecule has 0 aliphatic carbocycles. The van der Waals surface area contributed by atoms with Crippen LogP contribution in [-0.2, 0) is 14.2 Å². The minimum Gasteiger partial charge on any atom is -0.380 e. The molecule has 1 saturated heterocycles. The van der Waals surface area contributed by atoms with Gasteiger partial charge in [0.2, 0.25) is 0 Å². The average molecular weight is 259 g/mol. The Hall–Kier alpha value is -0.160. The van der Waals surface area contributed by atoms with E-state index >= 15 is 0 Å². The summed E-state index contributed by atoms with van der Waals surface area (Å²) in [5.41, 5.74) is -0.0849. The van der Waals surface area contributed by atoms with E-state index in [-0.39, 0.29) is 5.60 Å². The van der Waals surface area contributed by atoms with Crippen LogP contribution in [0.4, 0.5) is 0 Å². The first-order valence-electron chi connectivity index (χ1n) is 7.03. The largest absolute Gasteiger partial charge is 0.380 e. The zero-order valence-corrected chi connectivity index (χ0v) is 12.3. The third kappa shape index (κ3) is 6.14. The van der Waals surface area contributed by atoms with E-state index in [9.17, 15) is 0 Å². The van der Waals surface area contributed by atoms with Crippen molar-refractivity contribution in [2.75, 3.05) is 33.5 Å².